The second-order valence-corrected chi connectivity index (χ2v) is 6.91. The van der Waals surface area contributed by atoms with Crippen molar-refractivity contribution in [2.24, 2.45) is 0 Å². The van der Waals surface area contributed by atoms with Crippen molar-refractivity contribution < 1.29 is 9.53 Å². The van der Waals surface area contributed by atoms with Crippen molar-refractivity contribution in [2.75, 3.05) is 31.1 Å². The number of nitrogens with zero attached hydrogens (tertiary/aromatic N) is 3. The van der Waals surface area contributed by atoms with Gasteiger partial charge in [0.2, 0.25) is 0 Å². The van der Waals surface area contributed by atoms with E-state index in [0.717, 1.165) is 37.3 Å². The monoisotopic (exact) mass is 331 g/mol. The summed E-state index contributed by atoms with van der Waals surface area (Å²) < 4.78 is 5.72. The molecule has 0 aromatic carbocycles. The summed E-state index contributed by atoms with van der Waals surface area (Å²) in [5, 5.41) is 0. The van der Waals surface area contributed by atoms with Gasteiger partial charge in [-0.3, -0.25) is 4.79 Å². The van der Waals surface area contributed by atoms with Gasteiger partial charge >= 0.3 is 0 Å². The summed E-state index contributed by atoms with van der Waals surface area (Å²) in [5.41, 5.74) is 0.745. The van der Waals surface area contributed by atoms with Gasteiger partial charge in [-0.25, -0.2) is 4.98 Å². The Balaban J connectivity index is 1.72. The molecule has 0 saturated carbocycles. The van der Waals surface area contributed by atoms with Crippen LogP contribution < -0.4 is 4.90 Å². The molecule has 0 bridgehead atoms. The fourth-order valence-corrected chi connectivity index (χ4v) is 3.82. The first-order chi connectivity index (χ1) is 11.7. The molecule has 2 atom stereocenters. The minimum absolute atomic E-state index is 0.104. The van der Waals surface area contributed by atoms with Gasteiger partial charge in [-0.15, -0.1) is 0 Å². The molecule has 24 heavy (non-hydrogen) atoms. The molecular weight excluding hydrogens is 302 g/mol. The molecule has 2 fully saturated rings. The topological polar surface area (TPSA) is 45.7 Å². The number of amides is 1. The number of pyridine rings is 1. The van der Waals surface area contributed by atoms with Crippen molar-refractivity contribution in [1.29, 1.82) is 0 Å². The second kappa shape index (κ2) is 7.97. The number of carbonyl (C=O) groups excluding carboxylic acids is 1. The zero-order valence-electron chi connectivity index (χ0n) is 14.9. The average molecular weight is 331 g/mol. The molecule has 0 spiro atoms. The third-order valence-corrected chi connectivity index (χ3v) is 5.16. The summed E-state index contributed by atoms with van der Waals surface area (Å²) in [6.45, 7) is 7.51. The number of anilines is 1. The summed E-state index contributed by atoms with van der Waals surface area (Å²) in [4.78, 5) is 21.7. The second-order valence-electron chi connectivity index (χ2n) is 6.91. The van der Waals surface area contributed by atoms with Crippen molar-refractivity contribution >= 4 is 11.7 Å². The number of likely N-dealkylation sites (tertiary alicyclic amines) is 1. The van der Waals surface area contributed by atoms with E-state index in [9.17, 15) is 4.79 Å². The van der Waals surface area contributed by atoms with E-state index in [1.54, 1.807) is 6.20 Å². The molecule has 5 heteroatoms. The Morgan fingerprint density at radius 3 is 2.96 bits per heavy atom. The molecule has 1 aromatic rings. The Bertz CT molecular complexity index is 561. The first-order valence-electron chi connectivity index (χ1n) is 9.32. The summed E-state index contributed by atoms with van der Waals surface area (Å²) in [7, 11) is 0. The fraction of sp³-hybridized carbons (Fsp3) is 0.684. The SMILES string of the molecule is CCO[C@@H]1CCCN(C(=O)c2ccnc(N3CCCC[C@H]3C)c2)C1. The third kappa shape index (κ3) is 3.89. The molecule has 5 nitrogen and oxygen atoms in total. The number of hydrogen-bond acceptors (Lipinski definition) is 4. The lowest BCUT2D eigenvalue weighted by Crippen LogP contribution is -2.43. The van der Waals surface area contributed by atoms with Crippen LogP contribution in [0.25, 0.3) is 0 Å². The number of piperidine rings is 2. The molecule has 3 rings (SSSR count). The van der Waals surface area contributed by atoms with Crippen LogP contribution in [0.4, 0.5) is 5.82 Å². The van der Waals surface area contributed by atoms with Crippen LogP contribution in [0, 0.1) is 0 Å². The number of hydrogen-bond donors (Lipinski definition) is 0. The van der Waals surface area contributed by atoms with Crippen LogP contribution in [-0.2, 0) is 4.74 Å². The largest absolute Gasteiger partial charge is 0.377 e. The van der Waals surface area contributed by atoms with Gasteiger partial charge in [-0.05, 0) is 58.1 Å². The van der Waals surface area contributed by atoms with E-state index in [4.69, 9.17) is 4.74 Å². The van der Waals surface area contributed by atoms with E-state index in [-0.39, 0.29) is 12.0 Å². The molecule has 0 aliphatic carbocycles. The Labute approximate surface area is 145 Å². The van der Waals surface area contributed by atoms with Crippen LogP contribution in [0.2, 0.25) is 0 Å². The van der Waals surface area contributed by atoms with Gasteiger partial charge < -0.3 is 14.5 Å². The summed E-state index contributed by atoms with van der Waals surface area (Å²) in [6.07, 6.45) is 7.68. The van der Waals surface area contributed by atoms with Crippen LogP contribution in [0.3, 0.4) is 0 Å². The Morgan fingerprint density at radius 1 is 1.29 bits per heavy atom. The fourth-order valence-electron chi connectivity index (χ4n) is 3.82. The van der Waals surface area contributed by atoms with E-state index in [0.29, 0.717) is 19.2 Å². The zero-order valence-corrected chi connectivity index (χ0v) is 14.9. The first kappa shape index (κ1) is 17.2. The van der Waals surface area contributed by atoms with Gasteiger partial charge in [0.25, 0.3) is 5.91 Å². The highest BCUT2D eigenvalue weighted by atomic mass is 16.5. The molecule has 2 aliphatic heterocycles. The predicted octanol–water partition coefficient (Wildman–Crippen LogP) is 3.10. The quantitative estimate of drug-likeness (QED) is 0.850. The van der Waals surface area contributed by atoms with E-state index < -0.39 is 0 Å². The van der Waals surface area contributed by atoms with Crippen LogP contribution in [0.15, 0.2) is 18.3 Å². The van der Waals surface area contributed by atoms with Gasteiger partial charge in [0.15, 0.2) is 0 Å². The molecule has 2 saturated heterocycles. The smallest absolute Gasteiger partial charge is 0.254 e. The number of carbonyl (C=O) groups is 1. The number of rotatable bonds is 4. The highest BCUT2D eigenvalue weighted by Crippen LogP contribution is 2.24. The Hall–Kier alpha value is -1.62. The maximum absolute atomic E-state index is 12.9. The Kier molecular flexibility index (Phi) is 5.72. The summed E-state index contributed by atoms with van der Waals surface area (Å²) in [6, 6.07) is 4.30. The molecule has 1 amide bonds. The summed E-state index contributed by atoms with van der Waals surface area (Å²) in [5.74, 6) is 1.04. The van der Waals surface area contributed by atoms with Crippen molar-refractivity contribution in [3.8, 4) is 0 Å². The molecule has 0 radical (unpaired) electrons. The van der Waals surface area contributed by atoms with Gasteiger partial charge in [0.05, 0.1) is 6.10 Å². The van der Waals surface area contributed by atoms with Crippen molar-refractivity contribution in [1.82, 2.24) is 9.88 Å². The minimum atomic E-state index is 0.104. The molecule has 0 N–H and O–H groups in total. The Morgan fingerprint density at radius 2 is 2.17 bits per heavy atom. The molecular formula is C19H29N3O2. The third-order valence-electron chi connectivity index (χ3n) is 5.16. The summed E-state index contributed by atoms with van der Waals surface area (Å²) >= 11 is 0. The lowest BCUT2D eigenvalue weighted by atomic mass is 10.0. The van der Waals surface area contributed by atoms with Gasteiger partial charge in [-0.2, -0.15) is 0 Å². The molecule has 1 aromatic heterocycles. The van der Waals surface area contributed by atoms with E-state index in [1.807, 2.05) is 24.0 Å². The molecule has 2 aliphatic rings. The average Bonchev–Trinajstić information content (AvgIpc) is 2.62. The van der Waals surface area contributed by atoms with Gasteiger partial charge in [0.1, 0.15) is 5.82 Å². The van der Waals surface area contributed by atoms with E-state index in [1.165, 1.54) is 19.3 Å². The van der Waals surface area contributed by atoms with Crippen LogP contribution in [0.5, 0.6) is 0 Å². The normalized spacial score (nSPS) is 24.9. The van der Waals surface area contributed by atoms with Gasteiger partial charge in [0, 0.05) is 44.0 Å². The van der Waals surface area contributed by atoms with Crippen LogP contribution in [-0.4, -0.2) is 54.2 Å². The van der Waals surface area contributed by atoms with Crippen molar-refractivity contribution in [2.45, 2.75) is 58.1 Å². The maximum Gasteiger partial charge on any atom is 0.254 e. The van der Waals surface area contributed by atoms with Gasteiger partial charge in [-0.1, -0.05) is 0 Å². The molecule has 132 valence electrons. The lowest BCUT2D eigenvalue weighted by molar-refractivity contribution is 0.00724. The highest BCUT2D eigenvalue weighted by molar-refractivity contribution is 5.95. The highest BCUT2D eigenvalue weighted by Gasteiger charge is 2.26. The maximum atomic E-state index is 12.9. The van der Waals surface area contributed by atoms with Crippen LogP contribution in [0.1, 0.15) is 56.3 Å². The number of aromatic nitrogens is 1. The standard InChI is InChI=1S/C19H29N3O2/c1-3-24-17-8-6-11-21(14-17)19(23)16-9-10-20-18(13-16)22-12-5-4-7-15(22)2/h9-10,13,15,17H,3-8,11-12,14H2,1-2H3/t15-,17-/m1/s1. The first-order valence-corrected chi connectivity index (χ1v) is 9.32. The number of ether oxygens (including phenoxy) is 1. The minimum Gasteiger partial charge on any atom is -0.377 e. The van der Waals surface area contributed by atoms with Crippen molar-refractivity contribution in [3.63, 3.8) is 0 Å². The van der Waals surface area contributed by atoms with E-state index >= 15 is 0 Å². The zero-order chi connectivity index (χ0) is 16.9. The van der Waals surface area contributed by atoms with Crippen molar-refractivity contribution in [3.05, 3.63) is 23.9 Å². The molecule has 3 heterocycles. The lowest BCUT2D eigenvalue weighted by Gasteiger charge is -2.35. The van der Waals surface area contributed by atoms with Crippen LogP contribution >= 0.6 is 0 Å². The predicted molar refractivity (Wildman–Crippen MR) is 95.4 cm³/mol. The van der Waals surface area contributed by atoms with E-state index in [2.05, 4.69) is 16.8 Å². The molecule has 0 unspecified atom stereocenters.